The summed E-state index contributed by atoms with van der Waals surface area (Å²) in [5.74, 6) is 2.26. The molecule has 0 unspecified atom stereocenters. The Morgan fingerprint density at radius 3 is 1.54 bits per heavy atom. The number of morpholine rings is 2. The van der Waals surface area contributed by atoms with E-state index in [1.165, 1.54) is 24.3 Å². The molecule has 0 saturated carbocycles. The summed E-state index contributed by atoms with van der Waals surface area (Å²) in [6, 6.07) is 12.5. The van der Waals surface area contributed by atoms with Crippen LogP contribution in [0.5, 0.6) is 11.5 Å². The van der Waals surface area contributed by atoms with E-state index in [4.69, 9.17) is 30.2 Å². The van der Waals surface area contributed by atoms with E-state index in [0.29, 0.717) is 42.3 Å². The molecule has 4 aromatic rings. The minimum absolute atomic E-state index is 0.0909. The largest absolute Gasteiger partial charge is 0.494 e. The van der Waals surface area contributed by atoms with E-state index in [1.54, 1.807) is 36.7 Å². The lowest BCUT2D eigenvalue weighted by molar-refractivity contribution is -0.0505. The Labute approximate surface area is 331 Å². The van der Waals surface area contributed by atoms with Gasteiger partial charge in [0.25, 0.3) is 0 Å². The molecule has 2 aromatic carbocycles. The molecule has 302 valence electrons. The van der Waals surface area contributed by atoms with Crippen molar-refractivity contribution in [3.63, 3.8) is 0 Å². The Hall–Kier alpha value is -4.50. The van der Waals surface area contributed by atoms with Crippen LogP contribution >= 0.6 is 15.9 Å². The number of hydrogen-bond acceptors (Lipinski definition) is 14. The van der Waals surface area contributed by atoms with Gasteiger partial charge >= 0.3 is 20.3 Å². The van der Waals surface area contributed by atoms with Crippen LogP contribution in [0.4, 0.5) is 41.1 Å². The molecule has 7 rings (SSSR count). The fourth-order valence-electron chi connectivity index (χ4n) is 5.41. The molecule has 3 aliphatic rings. The number of anilines is 4. The van der Waals surface area contributed by atoms with Crippen molar-refractivity contribution < 1.29 is 45.8 Å². The second kappa shape index (κ2) is 19.1. The predicted molar refractivity (Wildman–Crippen MR) is 208 cm³/mol. The summed E-state index contributed by atoms with van der Waals surface area (Å²) in [4.78, 5) is 21.1. The molecule has 0 radical (unpaired) electrons. The van der Waals surface area contributed by atoms with E-state index in [1.807, 2.05) is 32.6 Å². The monoisotopic (exact) mass is 850 g/mol. The molecule has 5 heterocycles. The van der Waals surface area contributed by atoms with E-state index in [9.17, 15) is 17.6 Å². The minimum Gasteiger partial charge on any atom is -0.435 e. The van der Waals surface area contributed by atoms with Crippen LogP contribution < -0.4 is 36.2 Å². The Balaban J connectivity index is 0.000000166. The van der Waals surface area contributed by atoms with E-state index < -0.39 is 31.5 Å². The van der Waals surface area contributed by atoms with Crippen molar-refractivity contribution in [2.24, 2.45) is 0 Å². The number of benzene rings is 2. The van der Waals surface area contributed by atoms with Gasteiger partial charge in [-0.3, -0.25) is 0 Å². The van der Waals surface area contributed by atoms with E-state index in [2.05, 4.69) is 50.2 Å². The van der Waals surface area contributed by atoms with Gasteiger partial charge < -0.3 is 49.5 Å². The first-order valence-corrected chi connectivity index (χ1v) is 18.4. The van der Waals surface area contributed by atoms with Crippen molar-refractivity contribution in [3.8, 4) is 22.6 Å². The molecule has 3 fully saturated rings. The van der Waals surface area contributed by atoms with Crippen molar-refractivity contribution >= 4 is 52.0 Å². The molecule has 0 aliphatic carbocycles. The van der Waals surface area contributed by atoms with Crippen molar-refractivity contribution in [2.45, 2.75) is 52.1 Å². The molecule has 3 saturated heterocycles. The van der Waals surface area contributed by atoms with Gasteiger partial charge in [-0.05, 0) is 78.9 Å². The lowest BCUT2D eigenvalue weighted by atomic mass is 9.79. The maximum absolute atomic E-state index is 12.2. The first-order valence-electron chi connectivity index (χ1n) is 17.6. The molecule has 3 aliphatic heterocycles. The van der Waals surface area contributed by atoms with Crippen LogP contribution in [0.2, 0.25) is 0 Å². The van der Waals surface area contributed by atoms with Crippen molar-refractivity contribution in [1.82, 2.24) is 19.9 Å². The summed E-state index contributed by atoms with van der Waals surface area (Å²) in [6.07, 6.45) is 3.31. The molecule has 0 spiro atoms. The highest BCUT2D eigenvalue weighted by Gasteiger charge is 2.51. The zero-order valence-electron chi connectivity index (χ0n) is 31.3. The SMILES string of the molecule is CC1(C)OB(c2ccc(OC(F)F)cc2)OC1(C)C.Nc1nc(N2CCOCC2)ncc1-c1ccc(OC(F)F)cc1.Nc1nc(N2CCOCC2)ncc1Br. The summed E-state index contributed by atoms with van der Waals surface area (Å²) in [5, 5.41) is 0. The Bertz CT molecular complexity index is 1840. The smallest absolute Gasteiger partial charge is 0.435 e. The number of nitrogens with two attached hydrogens (primary N) is 2. The number of alkyl halides is 4. The van der Waals surface area contributed by atoms with Crippen LogP contribution in [-0.2, 0) is 18.8 Å². The van der Waals surface area contributed by atoms with Gasteiger partial charge in [0.15, 0.2) is 0 Å². The fourth-order valence-corrected chi connectivity index (χ4v) is 5.60. The Morgan fingerprint density at radius 1 is 0.679 bits per heavy atom. The third-order valence-corrected chi connectivity index (χ3v) is 9.78. The summed E-state index contributed by atoms with van der Waals surface area (Å²) in [6.45, 7) is 7.97. The standard InChI is InChI=1S/C15H16F2N4O2.C13H17BF2O3.C8H11BrN4O/c16-14(17)23-11-3-1-10(2-4-11)12-9-19-15(20-13(12)18)21-5-7-22-8-6-21;1-12(2)13(3,4)19-14(18-12)9-5-7-10(8-6-9)17-11(15)16;9-6-5-11-8(12-7(6)10)13-1-3-14-4-2-13/h1-4,9,14H,5-8H2,(H2,18,19,20);5-8,11H,1-4H3;5H,1-4H2,(H2,10,11,12). The second-order valence-electron chi connectivity index (χ2n) is 13.5. The summed E-state index contributed by atoms with van der Waals surface area (Å²) >= 11 is 3.26. The first-order chi connectivity index (χ1) is 26.6. The lowest BCUT2D eigenvalue weighted by Crippen LogP contribution is -2.41. The number of rotatable bonds is 8. The number of ether oxygens (including phenoxy) is 4. The molecule has 0 bridgehead atoms. The molecule has 0 amide bonds. The van der Waals surface area contributed by atoms with Crippen molar-refractivity contribution in [1.29, 1.82) is 0 Å². The van der Waals surface area contributed by atoms with Gasteiger partial charge in [-0.1, -0.05) is 24.3 Å². The Kier molecular flexibility index (Phi) is 14.5. The molecule has 20 heteroatoms. The van der Waals surface area contributed by atoms with Gasteiger partial charge in [0, 0.05) is 44.1 Å². The molecular weight excluding hydrogens is 807 g/mol. The fraction of sp³-hybridized carbons (Fsp3) is 0.444. The third-order valence-electron chi connectivity index (χ3n) is 9.17. The van der Waals surface area contributed by atoms with Gasteiger partial charge in [0.1, 0.15) is 23.1 Å². The number of aromatic nitrogens is 4. The highest BCUT2D eigenvalue weighted by molar-refractivity contribution is 9.10. The number of hydrogen-bond donors (Lipinski definition) is 2. The van der Waals surface area contributed by atoms with Gasteiger partial charge in [0.2, 0.25) is 11.9 Å². The summed E-state index contributed by atoms with van der Waals surface area (Å²) in [5.41, 5.74) is 13.0. The van der Waals surface area contributed by atoms with Gasteiger partial charge in [-0.2, -0.15) is 27.5 Å². The topological polar surface area (TPSA) is 165 Å². The molecule has 0 atom stereocenters. The van der Waals surface area contributed by atoms with Crippen LogP contribution in [0, 0.1) is 0 Å². The van der Waals surface area contributed by atoms with Crippen LogP contribution in [0.15, 0.2) is 65.4 Å². The highest BCUT2D eigenvalue weighted by atomic mass is 79.9. The van der Waals surface area contributed by atoms with E-state index in [0.717, 1.165) is 54.9 Å². The van der Waals surface area contributed by atoms with Crippen LogP contribution in [0.1, 0.15) is 27.7 Å². The van der Waals surface area contributed by atoms with Gasteiger partial charge in [-0.25, -0.2) is 9.97 Å². The predicted octanol–water partition coefficient (Wildman–Crippen LogP) is 5.41. The average molecular weight is 852 g/mol. The maximum Gasteiger partial charge on any atom is 0.494 e. The first kappa shape index (κ1) is 42.6. The van der Waals surface area contributed by atoms with Crippen LogP contribution in [-0.4, -0.2) is 104 Å². The zero-order valence-corrected chi connectivity index (χ0v) is 32.9. The van der Waals surface area contributed by atoms with Crippen molar-refractivity contribution in [3.05, 3.63) is 65.4 Å². The van der Waals surface area contributed by atoms with E-state index >= 15 is 0 Å². The second-order valence-corrected chi connectivity index (χ2v) is 14.4. The lowest BCUT2D eigenvalue weighted by Gasteiger charge is -2.32. The van der Waals surface area contributed by atoms with Gasteiger partial charge in [-0.15, -0.1) is 0 Å². The normalized spacial score (nSPS) is 17.5. The average Bonchev–Trinajstić information content (AvgIpc) is 3.40. The highest BCUT2D eigenvalue weighted by Crippen LogP contribution is 2.36. The summed E-state index contributed by atoms with van der Waals surface area (Å²) < 4.78 is 80.0. The molecular formula is C36H44BBrF4N8O6. The minimum atomic E-state index is -2.85. The number of nitrogen functional groups attached to an aromatic ring is 2. The molecule has 56 heavy (non-hydrogen) atoms. The summed E-state index contributed by atoms with van der Waals surface area (Å²) in [7, 11) is -0.495. The zero-order chi connectivity index (χ0) is 40.5. The van der Waals surface area contributed by atoms with Crippen LogP contribution in [0.3, 0.4) is 0 Å². The van der Waals surface area contributed by atoms with Crippen LogP contribution in [0.25, 0.3) is 11.1 Å². The molecule has 4 N–H and O–H groups in total. The van der Waals surface area contributed by atoms with Crippen molar-refractivity contribution in [2.75, 3.05) is 73.9 Å². The van der Waals surface area contributed by atoms with E-state index in [-0.39, 0.29) is 11.5 Å². The number of halogens is 5. The van der Waals surface area contributed by atoms with Gasteiger partial charge in [0.05, 0.1) is 42.1 Å². The molecule has 14 nitrogen and oxygen atoms in total. The quantitative estimate of drug-likeness (QED) is 0.171. The maximum atomic E-state index is 12.2. The Morgan fingerprint density at radius 2 is 1.11 bits per heavy atom. The molecule has 2 aromatic heterocycles. The number of nitrogens with zero attached hydrogens (tertiary/aromatic N) is 6. The third kappa shape index (κ3) is 11.5.